The van der Waals surface area contributed by atoms with Crippen molar-refractivity contribution in [1.82, 2.24) is 5.32 Å². The average molecular weight is 393 g/mol. The standard InChI is InChI=1S/C17H14BrFN2OS/c1-17-9-14(13-8-11(19)4-7-15(13)22-17)20-16(23)21(17)12-5-2-10(18)3-6-12/h2-8,14H,9H2,1H3,(H,20,23). The highest BCUT2D eigenvalue weighted by Gasteiger charge is 2.48. The molecule has 0 saturated carbocycles. The van der Waals surface area contributed by atoms with Crippen LogP contribution in [0, 0.1) is 5.82 Å². The third-order valence-electron chi connectivity index (χ3n) is 4.32. The maximum Gasteiger partial charge on any atom is 0.188 e. The molecule has 0 amide bonds. The van der Waals surface area contributed by atoms with E-state index in [1.165, 1.54) is 12.1 Å². The highest BCUT2D eigenvalue weighted by atomic mass is 79.9. The van der Waals surface area contributed by atoms with Crippen molar-refractivity contribution in [3.8, 4) is 5.75 Å². The van der Waals surface area contributed by atoms with Gasteiger partial charge in [0.25, 0.3) is 0 Å². The molecule has 2 aliphatic heterocycles. The molecule has 0 aliphatic carbocycles. The number of hydrogen-bond donors (Lipinski definition) is 1. The van der Waals surface area contributed by atoms with Gasteiger partial charge in [-0.15, -0.1) is 0 Å². The smallest absolute Gasteiger partial charge is 0.188 e. The van der Waals surface area contributed by atoms with Crippen molar-refractivity contribution in [3.05, 3.63) is 58.3 Å². The molecule has 118 valence electrons. The summed E-state index contributed by atoms with van der Waals surface area (Å²) in [5.74, 6) is 0.432. The Hall–Kier alpha value is -1.66. The maximum absolute atomic E-state index is 13.6. The zero-order valence-electron chi connectivity index (χ0n) is 12.3. The van der Waals surface area contributed by atoms with Gasteiger partial charge in [-0.2, -0.15) is 0 Å². The predicted molar refractivity (Wildman–Crippen MR) is 95.1 cm³/mol. The molecule has 2 atom stereocenters. The van der Waals surface area contributed by atoms with Crippen molar-refractivity contribution in [3.63, 3.8) is 0 Å². The first kappa shape index (κ1) is 14.9. The second-order valence-electron chi connectivity index (χ2n) is 5.98. The molecule has 2 aliphatic rings. The number of fused-ring (bicyclic) bond motifs is 4. The van der Waals surface area contributed by atoms with Gasteiger partial charge in [0.15, 0.2) is 10.8 Å². The summed E-state index contributed by atoms with van der Waals surface area (Å²) in [4.78, 5) is 1.98. The van der Waals surface area contributed by atoms with E-state index in [1.807, 2.05) is 36.1 Å². The SMILES string of the molecule is CC12CC(NC(=S)N1c1ccc(Br)cc1)c1cc(F)ccc1O2. The Morgan fingerprint density at radius 2 is 2.04 bits per heavy atom. The normalized spacial score (nSPS) is 25.4. The molecule has 2 bridgehead atoms. The Morgan fingerprint density at radius 1 is 1.30 bits per heavy atom. The largest absolute Gasteiger partial charge is 0.467 e. The van der Waals surface area contributed by atoms with E-state index in [2.05, 4.69) is 21.2 Å². The molecule has 0 radical (unpaired) electrons. The van der Waals surface area contributed by atoms with Crippen LogP contribution in [0.15, 0.2) is 46.9 Å². The van der Waals surface area contributed by atoms with E-state index in [0.717, 1.165) is 15.7 Å². The Labute approximate surface area is 147 Å². The molecule has 2 unspecified atom stereocenters. The Balaban J connectivity index is 1.79. The molecule has 4 rings (SSSR count). The van der Waals surface area contributed by atoms with E-state index < -0.39 is 5.72 Å². The first-order chi connectivity index (χ1) is 11.0. The van der Waals surface area contributed by atoms with Crippen molar-refractivity contribution in [2.75, 3.05) is 4.90 Å². The van der Waals surface area contributed by atoms with Gasteiger partial charge in [-0.05, 0) is 61.6 Å². The number of benzene rings is 2. The number of ether oxygens (including phenoxy) is 1. The second-order valence-corrected chi connectivity index (χ2v) is 7.28. The third-order valence-corrected chi connectivity index (χ3v) is 5.15. The highest BCUT2D eigenvalue weighted by molar-refractivity contribution is 9.10. The molecule has 2 aromatic rings. The monoisotopic (exact) mass is 392 g/mol. The molecular formula is C17H14BrFN2OS. The number of halogens is 2. The number of hydrogen-bond acceptors (Lipinski definition) is 2. The van der Waals surface area contributed by atoms with Gasteiger partial charge in [-0.3, -0.25) is 4.90 Å². The van der Waals surface area contributed by atoms with Crippen LogP contribution in [0.25, 0.3) is 0 Å². The molecule has 6 heteroatoms. The summed E-state index contributed by atoms with van der Waals surface area (Å²) in [6, 6.07) is 12.5. The van der Waals surface area contributed by atoms with Crippen LogP contribution in [0.2, 0.25) is 0 Å². The molecule has 0 aromatic heterocycles. The predicted octanol–water partition coefficient (Wildman–Crippen LogP) is 4.52. The van der Waals surface area contributed by atoms with Crippen molar-refractivity contribution in [1.29, 1.82) is 0 Å². The van der Waals surface area contributed by atoms with E-state index in [4.69, 9.17) is 17.0 Å². The first-order valence-electron chi connectivity index (χ1n) is 7.31. The molecule has 2 heterocycles. The second kappa shape index (κ2) is 5.18. The topological polar surface area (TPSA) is 24.5 Å². The van der Waals surface area contributed by atoms with E-state index >= 15 is 0 Å². The van der Waals surface area contributed by atoms with Gasteiger partial charge in [-0.1, -0.05) is 15.9 Å². The minimum absolute atomic E-state index is 0.0429. The van der Waals surface area contributed by atoms with Crippen LogP contribution in [-0.4, -0.2) is 10.8 Å². The van der Waals surface area contributed by atoms with E-state index in [9.17, 15) is 4.39 Å². The minimum atomic E-state index is -0.605. The minimum Gasteiger partial charge on any atom is -0.467 e. The van der Waals surface area contributed by atoms with Gasteiger partial charge in [0.2, 0.25) is 0 Å². The lowest BCUT2D eigenvalue weighted by Crippen LogP contribution is -2.65. The van der Waals surface area contributed by atoms with Gasteiger partial charge in [0.05, 0.1) is 6.04 Å². The zero-order chi connectivity index (χ0) is 16.2. The van der Waals surface area contributed by atoms with Crippen LogP contribution in [0.3, 0.4) is 0 Å². The summed E-state index contributed by atoms with van der Waals surface area (Å²) in [5.41, 5.74) is 1.17. The fourth-order valence-corrected chi connectivity index (χ4v) is 4.03. The van der Waals surface area contributed by atoms with Gasteiger partial charge in [0.1, 0.15) is 11.6 Å². The first-order valence-corrected chi connectivity index (χ1v) is 8.51. The van der Waals surface area contributed by atoms with E-state index in [-0.39, 0.29) is 11.9 Å². The van der Waals surface area contributed by atoms with Crippen molar-refractivity contribution in [2.45, 2.75) is 25.1 Å². The van der Waals surface area contributed by atoms with Gasteiger partial charge in [-0.25, -0.2) is 4.39 Å². The number of rotatable bonds is 1. The lowest BCUT2D eigenvalue weighted by Gasteiger charge is -2.52. The summed E-state index contributed by atoms with van der Waals surface area (Å²) in [6.45, 7) is 2.02. The Kier molecular flexibility index (Phi) is 3.35. The van der Waals surface area contributed by atoms with E-state index in [1.54, 1.807) is 6.07 Å². The molecule has 1 saturated heterocycles. The van der Waals surface area contributed by atoms with Crippen LogP contribution in [0.1, 0.15) is 24.9 Å². The number of nitrogens with one attached hydrogen (secondary N) is 1. The van der Waals surface area contributed by atoms with E-state index in [0.29, 0.717) is 17.3 Å². The van der Waals surface area contributed by atoms with Gasteiger partial charge < -0.3 is 10.1 Å². The van der Waals surface area contributed by atoms with Crippen molar-refractivity contribution in [2.24, 2.45) is 0 Å². The average Bonchev–Trinajstić information content (AvgIpc) is 2.49. The van der Waals surface area contributed by atoms with Gasteiger partial charge in [0, 0.05) is 22.1 Å². The number of nitrogens with zero attached hydrogens (tertiary/aromatic N) is 1. The molecule has 1 fully saturated rings. The summed E-state index contributed by atoms with van der Waals surface area (Å²) < 4.78 is 20.8. The van der Waals surface area contributed by atoms with Crippen molar-refractivity contribution >= 4 is 38.9 Å². The fourth-order valence-electron chi connectivity index (χ4n) is 3.33. The summed E-state index contributed by atoms with van der Waals surface area (Å²) in [6.07, 6.45) is 0.680. The fraction of sp³-hybridized carbons (Fsp3) is 0.235. The molecule has 23 heavy (non-hydrogen) atoms. The third kappa shape index (κ3) is 2.40. The molecule has 0 spiro atoms. The van der Waals surface area contributed by atoms with Crippen molar-refractivity contribution < 1.29 is 9.13 Å². The van der Waals surface area contributed by atoms with Gasteiger partial charge >= 0.3 is 0 Å². The lowest BCUT2D eigenvalue weighted by molar-refractivity contribution is 0.0495. The molecular weight excluding hydrogens is 379 g/mol. The molecule has 2 aromatic carbocycles. The van der Waals surface area contributed by atoms with Crippen LogP contribution in [0.5, 0.6) is 5.75 Å². The number of thiocarbonyl (C=S) groups is 1. The zero-order valence-corrected chi connectivity index (χ0v) is 14.7. The van der Waals surface area contributed by atoms with Crippen LogP contribution in [0.4, 0.5) is 10.1 Å². The summed E-state index contributed by atoms with van der Waals surface area (Å²) in [5, 5.41) is 3.90. The Morgan fingerprint density at radius 3 is 2.78 bits per heavy atom. The number of anilines is 1. The van der Waals surface area contributed by atoms with Crippen LogP contribution < -0.4 is 15.0 Å². The quantitative estimate of drug-likeness (QED) is 0.720. The lowest BCUT2D eigenvalue weighted by atomic mass is 9.90. The molecule has 1 N–H and O–H groups in total. The Bertz CT molecular complexity index is 798. The van der Waals surface area contributed by atoms with Crippen LogP contribution in [-0.2, 0) is 0 Å². The highest BCUT2D eigenvalue weighted by Crippen LogP contribution is 2.45. The summed E-state index contributed by atoms with van der Waals surface area (Å²) in [7, 11) is 0. The maximum atomic E-state index is 13.6. The van der Waals surface area contributed by atoms with Crippen LogP contribution >= 0.6 is 28.1 Å². The molecule has 3 nitrogen and oxygen atoms in total. The summed E-state index contributed by atoms with van der Waals surface area (Å²) >= 11 is 9.00.